The smallest absolute Gasteiger partial charge is 0.368 e. The summed E-state index contributed by atoms with van der Waals surface area (Å²) in [6.45, 7) is 6.68. The average Bonchev–Trinajstić information content (AvgIpc) is 3.52. The lowest BCUT2D eigenvalue weighted by Gasteiger charge is -2.42. The molecule has 1 amide bonds. The molecule has 0 saturated carbocycles. The second-order valence-electron chi connectivity index (χ2n) is 9.71. The topological polar surface area (TPSA) is 53.4 Å². The minimum atomic E-state index is -4.52. The predicted molar refractivity (Wildman–Crippen MR) is 134 cm³/mol. The van der Waals surface area contributed by atoms with E-state index in [1.54, 1.807) is 17.8 Å². The SMILES string of the molecule is CC(c1ccc(Cl)cc1C(F)(F)F)n1cnc2ccc(N3CCN(C(=O)[C@H]4CCCN4)[C@H](C)C3)cc21. The Morgan fingerprint density at radius 2 is 2.00 bits per heavy atom. The Balaban J connectivity index is 1.40. The van der Waals surface area contributed by atoms with Crippen LogP contribution in [0.5, 0.6) is 0 Å². The average molecular weight is 520 g/mol. The number of anilines is 1. The van der Waals surface area contributed by atoms with E-state index >= 15 is 0 Å². The summed E-state index contributed by atoms with van der Waals surface area (Å²) in [5.74, 6) is 0.172. The molecular formula is C26H29ClF3N5O. The number of aromatic nitrogens is 2. The van der Waals surface area contributed by atoms with Crippen LogP contribution in [-0.4, -0.2) is 58.6 Å². The van der Waals surface area contributed by atoms with Crippen LogP contribution >= 0.6 is 11.6 Å². The van der Waals surface area contributed by atoms with E-state index in [-0.39, 0.29) is 28.6 Å². The normalized spacial score (nSPS) is 21.8. The Labute approximate surface area is 213 Å². The molecule has 2 fully saturated rings. The third-order valence-corrected chi connectivity index (χ3v) is 7.62. The molecule has 0 radical (unpaired) electrons. The summed E-state index contributed by atoms with van der Waals surface area (Å²) in [5.41, 5.74) is 1.82. The Kier molecular flexibility index (Phi) is 6.63. The number of alkyl halides is 3. The lowest BCUT2D eigenvalue weighted by molar-refractivity contribution is -0.138. The number of nitrogens with zero attached hydrogens (tertiary/aromatic N) is 4. The van der Waals surface area contributed by atoms with Crippen LogP contribution in [0.3, 0.4) is 0 Å². The van der Waals surface area contributed by atoms with Crippen molar-refractivity contribution in [3.05, 3.63) is 58.9 Å². The maximum atomic E-state index is 13.8. The number of hydrogen-bond acceptors (Lipinski definition) is 4. The first-order chi connectivity index (χ1) is 17.1. The van der Waals surface area contributed by atoms with Crippen LogP contribution < -0.4 is 10.2 Å². The van der Waals surface area contributed by atoms with Gasteiger partial charge in [0.2, 0.25) is 5.91 Å². The summed E-state index contributed by atoms with van der Waals surface area (Å²) in [4.78, 5) is 21.5. The van der Waals surface area contributed by atoms with Crippen LogP contribution in [0.1, 0.15) is 43.9 Å². The van der Waals surface area contributed by atoms with Crippen molar-refractivity contribution in [2.45, 2.75) is 51.0 Å². The van der Waals surface area contributed by atoms with Crippen LogP contribution in [0, 0.1) is 0 Å². The van der Waals surface area contributed by atoms with Gasteiger partial charge in [0.05, 0.1) is 35.0 Å². The molecular weight excluding hydrogens is 491 g/mol. The van der Waals surface area contributed by atoms with E-state index in [1.807, 2.05) is 23.1 Å². The molecule has 2 saturated heterocycles. The van der Waals surface area contributed by atoms with Crippen molar-refractivity contribution in [1.82, 2.24) is 19.8 Å². The zero-order chi connectivity index (χ0) is 25.6. The van der Waals surface area contributed by atoms with E-state index in [4.69, 9.17) is 11.6 Å². The van der Waals surface area contributed by atoms with Gasteiger partial charge in [0, 0.05) is 36.4 Å². The Bertz CT molecular complexity index is 1270. The Hall–Kier alpha value is -2.78. The fraction of sp³-hybridized carbons (Fsp3) is 0.462. The molecule has 2 aliphatic heterocycles. The number of carbonyl (C=O) groups is 1. The lowest BCUT2D eigenvalue weighted by Crippen LogP contribution is -2.57. The number of piperazine rings is 1. The molecule has 2 aliphatic rings. The predicted octanol–water partition coefficient (Wildman–Crippen LogP) is 5.11. The third-order valence-electron chi connectivity index (χ3n) is 7.38. The van der Waals surface area contributed by atoms with E-state index in [0.717, 1.165) is 36.7 Å². The molecule has 3 atom stereocenters. The second-order valence-corrected chi connectivity index (χ2v) is 10.1. The largest absolute Gasteiger partial charge is 0.416 e. The van der Waals surface area contributed by atoms with Gasteiger partial charge in [-0.2, -0.15) is 13.2 Å². The van der Waals surface area contributed by atoms with Gasteiger partial charge >= 0.3 is 6.18 Å². The van der Waals surface area contributed by atoms with Crippen LogP contribution in [0.4, 0.5) is 18.9 Å². The van der Waals surface area contributed by atoms with E-state index in [9.17, 15) is 18.0 Å². The van der Waals surface area contributed by atoms with Crippen LogP contribution in [0.25, 0.3) is 11.0 Å². The van der Waals surface area contributed by atoms with Crippen molar-refractivity contribution < 1.29 is 18.0 Å². The van der Waals surface area contributed by atoms with Gasteiger partial charge in [-0.15, -0.1) is 0 Å². The number of hydrogen-bond donors (Lipinski definition) is 1. The zero-order valence-electron chi connectivity index (χ0n) is 20.2. The first-order valence-corrected chi connectivity index (χ1v) is 12.6. The molecule has 0 bridgehead atoms. The maximum Gasteiger partial charge on any atom is 0.416 e. The van der Waals surface area contributed by atoms with Crippen molar-refractivity contribution in [2.24, 2.45) is 0 Å². The second kappa shape index (κ2) is 9.59. The number of carbonyl (C=O) groups excluding carboxylic acids is 1. The molecule has 0 aliphatic carbocycles. The van der Waals surface area contributed by atoms with Crippen molar-refractivity contribution in [3.8, 4) is 0 Å². The molecule has 0 spiro atoms. The van der Waals surface area contributed by atoms with Crippen molar-refractivity contribution in [3.63, 3.8) is 0 Å². The highest BCUT2D eigenvalue weighted by Crippen LogP contribution is 2.38. The van der Waals surface area contributed by atoms with Gasteiger partial charge in [-0.3, -0.25) is 4.79 Å². The fourth-order valence-electron chi connectivity index (χ4n) is 5.42. The standard InChI is InChI=1S/C26H29ClF3N5O/c1-16-14-33(10-11-34(16)25(36)23-4-3-9-31-23)19-6-8-22-24(13-19)35(15-32-22)17(2)20-7-5-18(27)12-21(20)26(28,29)30/h5-8,12-13,15-17,23,31H,3-4,9-11,14H2,1-2H3/t16-,17?,23-/m1/s1. The monoisotopic (exact) mass is 519 g/mol. The summed E-state index contributed by atoms with van der Waals surface area (Å²) >= 11 is 5.88. The number of halogens is 4. The van der Waals surface area contributed by atoms with Crippen molar-refractivity contribution >= 4 is 34.2 Å². The summed E-state index contributed by atoms with van der Waals surface area (Å²) in [6, 6.07) is 9.11. The van der Waals surface area contributed by atoms with E-state index in [2.05, 4.69) is 22.1 Å². The fourth-order valence-corrected chi connectivity index (χ4v) is 5.60. The number of benzene rings is 2. The molecule has 1 aromatic heterocycles. The molecule has 10 heteroatoms. The summed E-state index contributed by atoms with van der Waals surface area (Å²) in [7, 11) is 0. The molecule has 1 unspecified atom stereocenters. The molecule has 3 heterocycles. The minimum Gasteiger partial charge on any atom is -0.368 e. The van der Waals surface area contributed by atoms with E-state index in [0.29, 0.717) is 25.2 Å². The van der Waals surface area contributed by atoms with Crippen LogP contribution in [-0.2, 0) is 11.0 Å². The van der Waals surface area contributed by atoms with Gasteiger partial charge in [0.15, 0.2) is 0 Å². The molecule has 1 N–H and O–H groups in total. The number of fused-ring (bicyclic) bond motifs is 1. The molecule has 6 nitrogen and oxygen atoms in total. The quantitative estimate of drug-likeness (QED) is 0.520. The first kappa shape index (κ1) is 24.9. The molecule has 36 heavy (non-hydrogen) atoms. The van der Waals surface area contributed by atoms with Gasteiger partial charge in [-0.25, -0.2) is 4.98 Å². The number of amides is 1. The van der Waals surface area contributed by atoms with Gasteiger partial charge in [-0.05, 0) is 69.1 Å². The summed E-state index contributed by atoms with van der Waals surface area (Å²) in [5, 5.41) is 3.34. The molecule has 2 aromatic carbocycles. The highest BCUT2D eigenvalue weighted by atomic mass is 35.5. The molecule has 192 valence electrons. The molecule has 5 rings (SSSR count). The highest BCUT2D eigenvalue weighted by Gasteiger charge is 2.36. The summed E-state index contributed by atoms with van der Waals surface area (Å²) < 4.78 is 43.0. The molecule has 3 aromatic rings. The zero-order valence-corrected chi connectivity index (χ0v) is 21.0. The summed E-state index contributed by atoms with van der Waals surface area (Å²) in [6.07, 6.45) is -1.02. The lowest BCUT2D eigenvalue weighted by atomic mass is 10.0. The number of rotatable bonds is 4. The Morgan fingerprint density at radius 1 is 1.19 bits per heavy atom. The van der Waals surface area contributed by atoms with Gasteiger partial charge in [0.1, 0.15) is 0 Å². The van der Waals surface area contributed by atoms with E-state index in [1.165, 1.54) is 12.1 Å². The van der Waals surface area contributed by atoms with E-state index < -0.39 is 17.8 Å². The minimum absolute atomic E-state index is 0.0477. The van der Waals surface area contributed by atoms with Crippen LogP contribution in [0.2, 0.25) is 5.02 Å². The Morgan fingerprint density at radius 3 is 2.69 bits per heavy atom. The van der Waals surface area contributed by atoms with Crippen molar-refractivity contribution in [1.29, 1.82) is 0 Å². The van der Waals surface area contributed by atoms with Crippen LogP contribution in [0.15, 0.2) is 42.7 Å². The highest BCUT2D eigenvalue weighted by molar-refractivity contribution is 6.30. The number of nitrogens with one attached hydrogen (secondary N) is 1. The van der Waals surface area contributed by atoms with Gasteiger partial charge in [0.25, 0.3) is 0 Å². The number of imidazole rings is 1. The maximum absolute atomic E-state index is 13.8. The van der Waals surface area contributed by atoms with Crippen molar-refractivity contribution in [2.75, 3.05) is 31.1 Å². The van der Waals surface area contributed by atoms with Gasteiger partial charge < -0.3 is 19.7 Å². The first-order valence-electron chi connectivity index (χ1n) is 12.3. The van der Waals surface area contributed by atoms with Gasteiger partial charge in [-0.1, -0.05) is 17.7 Å². The third kappa shape index (κ3) is 4.66.